The molecule has 0 saturated carbocycles. The normalized spacial score (nSPS) is 13.4. The molecular weight excluding hydrogens is 665 g/mol. The zero-order valence-electron chi connectivity index (χ0n) is 28.8. The molecule has 0 radical (unpaired) electrons. The smallest absolute Gasteiger partial charge is 0.196 e. The van der Waals surface area contributed by atoms with E-state index in [1.807, 2.05) is 17.4 Å². The van der Waals surface area contributed by atoms with Gasteiger partial charge in [0.2, 0.25) is 0 Å². The average Bonchev–Trinajstić information content (AvgIpc) is 3.82. The molecule has 252 valence electrons. The van der Waals surface area contributed by atoms with Crippen LogP contribution in [0.5, 0.6) is 5.75 Å². The molecule has 0 fully saturated rings. The third kappa shape index (κ3) is 5.70. The maximum Gasteiger partial charge on any atom is 0.196 e. The van der Waals surface area contributed by atoms with Crippen LogP contribution in [0.3, 0.4) is 0 Å². The van der Waals surface area contributed by atoms with E-state index in [0.29, 0.717) is 0 Å². The van der Waals surface area contributed by atoms with Crippen LogP contribution in [0.15, 0.2) is 194 Å². The molecule has 9 aromatic rings. The third-order valence-electron chi connectivity index (χ3n) is 10.1. The molecule has 1 N–H and O–H groups in total. The second kappa shape index (κ2) is 13.2. The monoisotopic (exact) mass is 698 g/mol. The third-order valence-corrected chi connectivity index (χ3v) is 11.2. The Morgan fingerprint density at radius 3 is 1.81 bits per heavy atom. The van der Waals surface area contributed by atoms with Crippen molar-refractivity contribution in [3.05, 3.63) is 200 Å². The number of nitrogens with zero attached hydrogens (tertiary/aromatic N) is 1. The van der Waals surface area contributed by atoms with Crippen molar-refractivity contribution in [2.45, 2.75) is 6.23 Å². The van der Waals surface area contributed by atoms with Gasteiger partial charge in [-0.25, -0.2) is 0 Å². The van der Waals surface area contributed by atoms with Crippen molar-refractivity contribution >= 4 is 54.3 Å². The summed E-state index contributed by atoms with van der Waals surface area (Å²) in [7, 11) is 0. The molecule has 0 amide bonds. The SMILES string of the molecule is c1ccc(-c2ccc(N(c3ccccc3)c3ccc(-c4cccc5sc6cc7c(cc6c45)OC(c4ccccc4)N7)c(-c4ccccc4)c3)cc2)cc1. The molecule has 0 saturated heterocycles. The summed E-state index contributed by atoms with van der Waals surface area (Å²) in [5.74, 6) is 0.885. The predicted molar refractivity (Wildman–Crippen MR) is 224 cm³/mol. The van der Waals surface area contributed by atoms with Gasteiger partial charge in [0.1, 0.15) is 5.75 Å². The number of rotatable bonds is 7. The van der Waals surface area contributed by atoms with Crippen molar-refractivity contribution in [1.82, 2.24) is 0 Å². The second-order valence-electron chi connectivity index (χ2n) is 13.4. The van der Waals surface area contributed by atoms with Crippen molar-refractivity contribution < 1.29 is 4.74 Å². The molecule has 1 aliphatic heterocycles. The van der Waals surface area contributed by atoms with Crippen molar-refractivity contribution in [2.75, 3.05) is 10.2 Å². The summed E-state index contributed by atoms with van der Waals surface area (Å²) in [5.41, 5.74) is 12.6. The maximum absolute atomic E-state index is 6.50. The van der Waals surface area contributed by atoms with Gasteiger partial charge in [0.15, 0.2) is 6.23 Å². The molecule has 0 spiro atoms. The minimum atomic E-state index is -0.201. The van der Waals surface area contributed by atoms with Gasteiger partial charge in [0, 0.05) is 42.8 Å². The molecule has 4 heteroatoms. The minimum Gasteiger partial charge on any atom is -0.464 e. The number of anilines is 4. The van der Waals surface area contributed by atoms with E-state index < -0.39 is 0 Å². The highest BCUT2D eigenvalue weighted by Crippen LogP contribution is 2.49. The van der Waals surface area contributed by atoms with E-state index in [4.69, 9.17) is 4.74 Å². The zero-order chi connectivity index (χ0) is 35.1. The van der Waals surface area contributed by atoms with Gasteiger partial charge in [-0.05, 0) is 88.0 Å². The van der Waals surface area contributed by atoms with Gasteiger partial charge >= 0.3 is 0 Å². The maximum atomic E-state index is 6.50. The number of hydrogen-bond acceptors (Lipinski definition) is 4. The van der Waals surface area contributed by atoms with Gasteiger partial charge in [-0.2, -0.15) is 0 Å². The van der Waals surface area contributed by atoms with Crippen molar-refractivity contribution in [1.29, 1.82) is 0 Å². The van der Waals surface area contributed by atoms with Crippen LogP contribution in [-0.2, 0) is 0 Å². The molecule has 1 unspecified atom stereocenters. The van der Waals surface area contributed by atoms with Crippen molar-refractivity contribution in [2.24, 2.45) is 0 Å². The fraction of sp³-hybridized carbons (Fsp3) is 0.0204. The fourth-order valence-corrected chi connectivity index (χ4v) is 8.74. The van der Waals surface area contributed by atoms with Crippen LogP contribution in [0, 0.1) is 0 Å². The Bertz CT molecular complexity index is 2710. The van der Waals surface area contributed by atoms with Gasteiger partial charge in [0.25, 0.3) is 0 Å². The molecule has 0 aliphatic carbocycles. The van der Waals surface area contributed by atoms with Crippen LogP contribution in [0.25, 0.3) is 53.6 Å². The first-order chi connectivity index (χ1) is 26.3. The lowest BCUT2D eigenvalue weighted by molar-refractivity contribution is 0.260. The molecule has 53 heavy (non-hydrogen) atoms. The lowest BCUT2D eigenvalue weighted by Gasteiger charge is -2.27. The summed E-state index contributed by atoms with van der Waals surface area (Å²) in [5, 5.41) is 6.06. The summed E-state index contributed by atoms with van der Waals surface area (Å²) in [6.07, 6.45) is -0.201. The predicted octanol–water partition coefficient (Wildman–Crippen LogP) is 14.0. The van der Waals surface area contributed by atoms with Crippen LogP contribution in [0.4, 0.5) is 22.7 Å². The van der Waals surface area contributed by atoms with Crippen molar-refractivity contribution in [3.63, 3.8) is 0 Å². The van der Waals surface area contributed by atoms with Gasteiger partial charge in [-0.3, -0.25) is 0 Å². The highest BCUT2D eigenvalue weighted by atomic mass is 32.1. The number of benzene rings is 8. The summed E-state index contributed by atoms with van der Waals surface area (Å²) in [6.45, 7) is 0. The lowest BCUT2D eigenvalue weighted by atomic mass is 9.91. The number of nitrogens with one attached hydrogen (secondary N) is 1. The first-order valence-corrected chi connectivity index (χ1v) is 18.8. The van der Waals surface area contributed by atoms with Gasteiger partial charge in [-0.1, -0.05) is 140 Å². The van der Waals surface area contributed by atoms with E-state index in [2.05, 4.69) is 198 Å². The standard InChI is InChI=1S/C49H34N2OS/c1-5-14-33(15-6-1)34-24-26-38(27-25-34)51(37-20-11-4-12-21-37)39-28-29-40(42(30-39)35-16-7-2-8-17-35)41-22-13-23-46-48(41)43-31-45-44(32-47(43)53-46)50-49(52-45)36-18-9-3-10-19-36/h1-32,49-50H. The quantitative estimate of drug-likeness (QED) is 0.179. The van der Waals surface area contributed by atoms with Crippen LogP contribution in [0.2, 0.25) is 0 Å². The zero-order valence-corrected chi connectivity index (χ0v) is 29.6. The summed E-state index contributed by atoms with van der Waals surface area (Å²) in [4.78, 5) is 2.35. The summed E-state index contributed by atoms with van der Waals surface area (Å²) in [6, 6.07) is 69.3. The largest absolute Gasteiger partial charge is 0.464 e. The Labute approximate surface area is 313 Å². The van der Waals surface area contributed by atoms with E-state index in [-0.39, 0.29) is 6.23 Å². The Kier molecular flexibility index (Phi) is 7.74. The minimum absolute atomic E-state index is 0.201. The van der Waals surface area contributed by atoms with E-state index in [1.54, 1.807) is 0 Å². The van der Waals surface area contributed by atoms with Crippen LogP contribution < -0.4 is 15.0 Å². The van der Waals surface area contributed by atoms with Gasteiger partial charge in [0.05, 0.1) is 5.69 Å². The van der Waals surface area contributed by atoms with Crippen LogP contribution in [0.1, 0.15) is 11.8 Å². The Hall–Kier alpha value is -6.62. The summed E-state index contributed by atoms with van der Waals surface area (Å²) < 4.78 is 9.00. The second-order valence-corrected chi connectivity index (χ2v) is 14.4. The first kappa shape index (κ1) is 31.1. The highest BCUT2D eigenvalue weighted by Gasteiger charge is 2.26. The van der Waals surface area contributed by atoms with Gasteiger partial charge in [-0.15, -0.1) is 11.3 Å². The van der Waals surface area contributed by atoms with Gasteiger partial charge < -0.3 is 15.0 Å². The number of fused-ring (bicyclic) bond motifs is 4. The van der Waals surface area contributed by atoms with Crippen molar-refractivity contribution in [3.8, 4) is 39.1 Å². The molecule has 1 aliphatic rings. The lowest BCUT2D eigenvalue weighted by Crippen LogP contribution is -2.10. The first-order valence-electron chi connectivity index (χ1n) is 17.9. The highest BCUT2D eigenvalue weighted by molar-refractivity contribution is 7.26. The van der Waals surface area contributed by atoms with E-state index in [1.165, 1.54) is 53.6 Å². The van der Waals surface area contributed by atoms with Crippen LogP contribution in [-0.4, -0.2) is 0 Å². The number of para-hydroxylation sites is 1. The molecular formula is C49H34N2OS. The Morgan fingerprint density at radius 2 is 1.08 bits per heavy atom. The number of ether oxygens (including phenoxy) is 1. The molecule has 10 rings (SSSR count). The topological polar surface area (TPSA) is 24.5 Å². The molecule has 2 heterocycles. The molecule has 0 bridgehead atoms. The average molecular weight is 699 g/mol. The molecule has 3 nitrogen and oxygen atoms in total. The number of hydrogen-bond donors (Lipinski definition) is 1. The fourth-order valence-electron chi connectivity index (χ4n) is 7.58. The number of thiophene rings is 1. The van der Waals surface area contributed by atoms with E-state index >= 15 is 0 Å². The molecule has 8 aromatic carbocycles. The van der Waals surface area contributed by atoms with E-state index in [0.717, 1.165) is 34.1 Å². The van der Waals surface area contributed by atoms with E-state index in [9.17, 15) is 0 Å². The Balaban J connectivity index is 1.12. The Morgan fingerprint density at radius 1 is 0.453 bits per heavy atom. The summed E-state index contributed by atoms with van der Waals surface area (Å²) >= 11 is 1.83. The van der Waals surface area contributed by atoms with Crippen LogP contribution >= 0.6 is 11.3 Å². The molecule has 1 aromatic heterocycles. The molecule has 1 atom stereocenters.